The number of rotatable bonds is 16. The van der Waals surface area contributed by atoms with Crippen molar-refractivity contribution in [3.63, 3.8) is 0 Å². The fourth-order valence-corrected chi connectivity index (χ4v) is 11.7. The highest BCUT2D eigenvalue weighted by atomic mass is 32.2. The summed E-state index contributed by atoms with van der Waals surface area (Å²) < 4.78 is 80.6. The van der Waals surface area contributed by atoms with Crippen LogP contribution in [0.25, 0.3) is 22.3 Å². The van der Waals surface area contributed by atoms with Crippen molar-refractivity contribution in [2.24, 2.45) is 0 Å². The van der Waals surface area contributed by atoms with Gasteiger partial charge in [-0.05, 0) is 91.8 Å². The number of hydrogen-bond acceptors (Lipinski definition) is 20. The van der Waals surface area contributed by atoms with E-state index in [-0.39, 0.29) is 67.5 Å². The van der Waals surface area contributed by atoms with Crippen LogP contribution in [0.15, 0.2) is 83.6 Å². The van der Waals surface area contributed by atoms with Crippen molar-refractivity contribution in [1.82, 2.24) is 58.3 Å². The van der Waals surface area contributed by atoms with Gasteiger partial charge in [-0.3, -0.25) is 29.4 Å². The second-order valence-corrected chi connectivity index (χ2v) is 23.8. The third-order valence-corrected chi connectivity index (χ3v) is 17.3. The van der Waals surface area contributed by atoms with E-state index in [0.717, 1.165) is 6.33 Å². The van der Waals surface area contributed by atoms with E-state index >= 15 is 0 Å². The summed E-state index contributed by atoms with van der Waals surface area (Å²) in [4.78, 5) is 75.9. The zero-order valence-electron chi connectivity index (χ0n) is 45.7. The SMILES string of the molecule is CCNC(=O)[C@H]1O[C@@H](n2cnc3c(NC(=O)Nc4cccc(S(=O)(=O)N(C)C(C)C)c4)ncnc32)C(O)C1O.CCNC(=O)[C@H]1O[C@@H](n2cnc3c(NC(=O)Nc4cccc(S(=O)(=O)N(C)C(C)C)c4)ncnc32)C2OC(C)(C)OC21. The first kappa shape index (κ1) is 59.7. The highest BCUT2D eigenvalue weighted by molar-refractivity contribution is 7.89. The molecule has 3 saturated heterocycles. The van der Waals surface area contributed by atoms with Crippen molar-refractivity contribution in [3.8, 4) is 0 Å². The number of aliphatic hydroxyl groups is 2. The molecular weight excluding hydrogens is 1100 g/mol. The van der Waals surface area contributed by atoms with Gasteiger partial charge in [0.15, 0.2) is 64.4 Å². The van der Waals surface area contributed by atoms with Crippen molar-refractivity contribution in [2.45, 2.75) is 132 Å². The van der Waals surface area contributed by atoms with Crippen LogP contribution in [0.1, 0.15) is 67.8 Å². The van der Waals surface area contributed by atoms with Crippen LogP contribution in [0.3, 0.4) is 0 Å². The van der Waals surface area contributed by atoms with Gasteiger partial charge in [-0.15, -0.1) is 0 Å². The van der Waals surface area contributed by atoms with Crippen LogP contribution in [0.4, 0.5) is 32.6 Å². The number of benzene rings is 2. The minimum Gasteiger partial charge on any atom is -0.387 e. The number of fused-ring (bicyclic) bond motifs is 3. The molecule has 3 aliphatic rings. The molecule has 81 heavy (non-hydrogen) atoms. The number of imidazole rings is 2. The normalized spacial score (nSPS) is 22.4. The number of carbonyl (C=O) groups excluding carboxylic acids is 4. The maximum absolute atomic E-state index is 12.9. The van der Waals surface area contributed by atoms with E-state index in [1.54, 1.807) is 65.2 Å². The zero-order valence-corrected chi connectivity index (χ0v) is 47.3. The van der Waals surface area contributed by atoms with E-state index in [2.05, 4.69) is 61.8 Å². The second kappa shape index (κ2) is 24.0. The molecule has 0 bridgehead atoms. The summed E-state index contributed by atoms with van der Waals surface area (Å²) in [5.41, 5.74) is 1.41. The number of amides is 6. The van der Waals surface area contributed by atoms with Crippen LogP contribution in [0.2, 0.25) is 0 Å². The van der Waals surface area contributed by atoms with Crippen LogP contribution in [0.5, 0.6) is 0 Å². The summed E-state index contributed by atoms with van der Waals surface area (Å²) >= 11 is 0. The third-order valence-electron chi connectivity index (χ3n) is 13.2. The monoisotopic (exact) mass is 1160 g/mol. The van der Waals surface area contributed by atoms with E-state index in [4.69, 9.17) is 18.9 Å². The fourth-order valence-electron chi connectivity index (χ4n) is 8.82. The van der Waals surface area contributed by atoms with Gasteiger partial charge < -0.3 is 50.4 Å². The number of urea groups is 2. The number of nitrogens with zero attached hydrogens (tertiary/aromatic N) is 10. The predicted molar refractivity (Wildman–Crippen MR) is 290 cm³/mol. The number of sulfonamides is 2. The summed E-state index contributed by atoms with van der Waals surface area (Å²) in [6.07, 6.45) is -3.23. The quantitative estimate of drug-likeness (QED) is 0.0689. The van der Waals surface area contributed by atoms with Gasteiger partial charge in [0.2, 0.25) is 20.0 Å². The molecule has 8 N–H and O–H groups in total. The molecule has 0 aliphatic carbocycles. The molecule has 3 aliphatic heterocycles. The first-order valence-electron chi connectivity index (χ1n) is 25.5. The van der Waals surface area contributed by atoms with Crippen LogP contribution in [-0.2, 0) is 48.6 Å². The molecule has 2 aromatic carbocycles. The molecule has 9 rings (SSSR count). The van der Waals surface area contributed by atoms with Gasteiger partial charge >= 0.3 is 12.1 Å². The van der Waals surface area contributed by atoms with Crippen LogP contribution in [-0.4, -0.2) is 180 Å². The Hall–Kier alpha value is -7.40. The van der Waals surface area contributed by atoms with Crippen molar-refractivity contribution in [1.29, 1.82) is 0 Å². The summed E-state index contributed by atoms with van der Waals surface area (Å²) in [5, 5.41) is 36.5. The molecule has 0 radical (unpaired) electrons. The molecule has 32 heteroatoms. The van der Waals surface area contributed by atoms with Gasteiger partial charge in [0.25, 0.3) is 11.8 Å². The number of nitrogens with one attached hydrogen (secondary N) is 6. The molecule has 7 heterocycles. The summed E-state index contributed by atoms with van der Waals surface area (Å²) in [7, 11) is -4.53. The molecule has 6 aromatic rings. The first-order chi connectivity index (χ1) is 38.3. The zero-order chi connectivity index (χ0) is 58.9. The molecule has 4 aromatic heterocycles. The maximum Gasteiger partial charge on any atom is 0.324 e. The van der Waals surface area contributed by atoms with E-state index in [0.29, 0.717) is 18.7 Å². The van der Waals surface area contributed by atoms with Gasteiger partial charge in [0.05, 0.1) is 22.4 Å². The molecule has 30 nitrogen and oxygen atoms in total. The number of anilines is 4. The number of hydrogen-bond donors (Lipinski definition) is 8. The van der Waals surface area contributed by atoms with Crippen molar-refractivity contribution in [2.75, 3.05) is 48.5 Å². The minimum absolute atomic E-state index is 0.0166. The van der Waals surface area contributed by atoms with E-state index < -0.39 is 92.9 Å². The van der Waals surface area contributed by atoms with Gasteiger partial charge in [0, 0.05) is 50.6 Å². The summed E-state index contributed by atoms with van der Waals surface area (Å²) in [6, 6.07) is 9.89. The molecule has 6 amide bonds. The maximum atomic E-state index is 12.9. The number of ether oxygens (including phenoxy) is 4. The smallest absolute Gasteiger partial charge is 0.324 e. The number of aromatic nitrogens is 8. The molecule has 0 saturated carbocycles. The number of aliphatic hydroxyl groups excluding tert-OH is 2. The van der Waals surface area contributed by atoms with Crippen LogP contribution >= 0.6 is 0 Å². The Kier molecular flexibility index (Phi) is 17.7. The predicted octanol–water partition coefficient (Wildman–Crippen LogP) is 2.31. The lowest BCUT2D eigenvalue weighted by molar-refractivity contribution is -0.197. The highest BCUT2D eigenvalue weighted by Crippen LogP contribution is 2.44. The molecule has 3 fully saturated rings. The van der Waals surface area contributed by atoms with Crippen molar-refractivity contribution in [3.05, 3.63) is 73.8 Å². The largest absolute Gasteiger partial charge is 0.387 e. The van der Waals surface area contributed by atoms with Gasteiger partial charge in [-0.25, -0.2) is 56.3 Å². The Morgan fingerprint density at radius 3 is 1.51 bits per heavy atom. The van der Waals surface area contributed by atoms with E-state index in [1.165, 1.54) is 82.7 Å². The Morgan fingerprint density at radius 1 is 0.617 bits per heavy atom. The molecule has 0 spiro atoms. The summed E-state index contributed by atoms with van der Waals surface area (Å²) in [6.45, 7) is 14.8. The third kappa shape index (κ3) is 12.4. The lowest BCUT2D eigenvalue weighted by atomic mass is 10.1. The first-order valence-corrected chi connectivity index (χ1v) is 28.4. The molecule has 8 atom stereocenters. The lowest BCUT2D eigenvalue weighted by Crippen LogP contribution is -2.42. The lowest BCUT2D eigenvalue weighted by Gasteiger charge is -2.24. The Balaban J connectivity index is 0.000000213. The Morgan fingerprint density at radius 2 is 1.05 bits per heavy atom. The van der Waals surface area contributed by atoms with Crippen molar-refractivity contribution < 1.29 is 65.2 Å². The Labute approximate surface area is 465 Å². The van der Waals surface area contributed by atoms with Crippen LogP contribution in [0, 0.1) is 0 Å². The van der Waals surface area contributed by atoms with Crippen LogP contribution < -0.4 is 31.9 Å². The minimum atomic E-state index is -3.76. The molecular formula is C49H64N16O14S2. The number of likely N-dealkylation sites (N-methyl/N-ethyl adjacent to an activating group) is 2. The topological polar surface area (TPSA) is 380 Å². The van der Waals surface area contributed by atoms with Crippen molar-refractivity contribution >= 4 is 89.3 Å². The highest BCUT2D eigenvalue weighted by Gasteiger charge is 2.58. The second-order valence-electron chi connectivity index (χ2n) is 19.8. The average molecular weight is 1170 g/mol. The van der Waals surface area contributed by atoms with E-state index in [9.17, 15) is 46.2 Å². The molecule has 4 unspecified atom stereocenters. The van der Waals surface area contributed by atoms with Gasteiger partial charge in [-0.1, -0.05) is 12.1 Å². The fraction of sp³-hybridized carbons (Fsp3) is 0.469. The van der Waals surface area contributed by atoms with E-state index in [1.807, 2.05) is 6.92 Å². The summed E-state index contributed by atoms with van der Waals surface area (Å²) in [5.74, 6) is -1.69. The molecule has 436 valence electrons. The Bertz CT molecular complexity index is 3550. The number of carbonyl (C=O) groups is 4. The van der Waals surface area contributed by atoms with Gasteiger partial charge in [-0.2, -0.15) is 8.61 Å². The standard InChI is InChI=1S/C26H34N8O7S.C23H30N8O7S/c1-7-27-23(35)19-18-20(41-26(4,5)40-18)24(39-19)34-13-30-17-21(28-12-29-22(17)34)32-25(36)31-15-9-8-10-16(11-15)42(37,38)33(6)14(2)3;1-5-24-21(34)18-16(32)17(33)22(38-18)31-11-27-15-19(25-10-26-20(15)31)29-23(35)28-13-7-6-8-14(9-13)39(36,37)30(4)12(2)3/h8-14,18-20,24H,7H2,1-6H3,(H,27,35)(H2,28,29,31,32,36);6-12,16-18,22,32-33H,5H2,1-4H3,(H,24,34)(H2,25,26,28,29,35)/t18?,19-,20?,24+;16?,17?,18-,22+/m00/s1. The van der Waals surface area contributed by atoms with Gasteiger partial charge in [0.1, 0.15) is 37.1 Å². The average Bonchev–Trinajstić information content (AvgIpc) is 3.33.